The first kappa shape index (κ1) is 17.7. The van der Waals surface area contributed by atoms with Crippen LogP contribution in [0.15, 0.2) is 48.9 Å². The van der Waals surface area contributed by atoms with E-state index in [1.54, 1.807) is 13.4 Å². The molecule has 0 spiro atoms. The fourth-order valence-electron chi connectivity index (χ4n) is 3.84. The van der Waals surface area contributed by atoms with E-state index in [1.165, 1.54) is 16.8 Å². The number of ether oxygens (including phenoxy) is 1. The SMILES string of the molecule is COCc1cc(N2CCC[C@@H](c3[nH]ncc3Cc3ccccc3)C2)ncn1. The van der Waals surface area contributed by atoms with Gasteiger partial charge in [-0.05, 0) is 24.0 Å². The van der Waals surface area contributed by atoms with Gasteiger partial charge in [-0.2, -0.15) is 5.10 Å². The molecule has 0 radical (unpaired) electrons. The summed E-state index contributed by atoms with van der Waals surface area (Å²) in [5, 5.41) is 7.61. The summed E-state index contributed by atoms with van der Waals surface area (Å²) in [5.41, 5.74) is 4.77. The fourth-order valence-corrected chi connectivity index (χ4v) is 3.84. The maximum absolute atomic E-state index is 5.20. The molecule has 1 aliphatic rings. The highest BCUT2D eigenvalue weighted by molar-refractivity contribution is 5.41. The number of nitrogens with zero attached hydrogens (tertiary/aromatic N) is 4. The highest BCUT2D eigenvalue weighted by Gasteiger charge is 2.25. The molecule has 1 atom stereocenters. The van der Waals surface area contributed by atoms with Crippen molar-refractivity contribution in [3.8, 4) is 0 Å². The maximum Gasteiger partial charge on any atom is 0.132 e. The zero-order valence-electron chi connectivity index (χ0n) is 15.6. The number of methoxy groups -OCH3 is 1. The first-order chi connectivity index (χ1) is 13.3. The Bertz CT molecular complexity index is 864. The van der Waals surface area contributed by atoms with Crippen LogP contribution < -0.4 is 4.90 Å². The molecule has 0 aliphatic carbocycles. The quantitative estimate of drug-likeness (QED) is 0.728. The number of rotatable bonds is 6. The third kappa shape index (κ3) is 4.17. The van der Waals surface area contributed by atoms with Crippen molar-refractivity contribution >= 4 is 5.82 Å². The Kier molecular flexibility index (Phi) is 5.44. The van der Waals surface area contributed by atoms with Gasteiger partial charge in [0.1, 0.15) is 12.1 Å². The molecule has 1 saturated heterocycles. The molecule has 140 valence electrons. The Labute approximate surface area is 159 Å². The first-order valence-electron chi connectivity index (χ1n) is 9.44. The maximum atomic E-state index is 5.20. The molecule has 1 N–H and O–H groups in total. The van der Waals surface area contributed by atoms with Crippen molar-refractivity contribution in [3.63, 3.8) is 0 Å². The molecule has 1 aliphatic heterocycles. The molecule has 6 heteroatoms. The number of H-pyrrole nitrogens is 1. The van der Waals surface area contributed by atoms with Gasteiger partial charge in [0.05, 0.1) is 18.5 Å². The van der Waals surface area contributed by atoms with Crippen LogP contribution in [0.25, 0.3) is 0 Å². The Morgan fingerprint density at radius 3 is 2.96 bits per heavy atom. The number of nitrogens with one attached hydrogen (secondary N) is 1. The van der Waals surface area contributed by atoms with E-state index in [0.717, 1.165) is 43.9 Å². The third-order valence-corrected chi connectivity index (χ3v) is 5.14. The number of hydrogen-bond donors (Lipinski definition) is 1. The number of aromatic nitrogens is 4. The van der Waals surface area contributed by atoms with Crippen molar-refractivity contribution in [2.75, 3.05) is 25.1 Å². The minimum atomic E-state index is 0.431. The average Bonchev–Trinajstić information content (AvgIpc) is 3.17. The van der Waals surface area contributed by atoms with Gasteiger partial charge in [-0.1, -0.05) is 30.3 Å². The van der Waals surface area contributed by atoms with Gasteiger partial charge in [0, 0.05) is 44.3 Å². The van der Waals surface area contributed by atoms with Crippen LogP contribution in [0.1, 0.15) is 41.3 Å². The summed E-state index contributed by atoms with van der Waals surface area (Å²) in [6.45, 7) is 2.46. The molecule has 2 aromatic heterocycles. The van der Waals surface area contributed by atoms with E-state index < -0.39 is 0 Å². The smallest absolute Gasteiger partial charge is 0.132 e. The summed E-state index contributed by atoms with van der Waals surface area (Å²) < 4.78 is 5.20. The lowest BCUT2D eigenvalue weighted by Crippen LogP contribution is -2.35. The second-order valence-electron chi connectivity index (χ2n) is 7.06. The van der Waals surface area contributed by atoms with Crippen molar-refractivity contribution in [1.29, 1.82) is 0 Å². The lowest BCUT2D eigenvalue weighted by Gasteiger charge is -2.33. The predicted octanol–water partition coefficient (Wildman–Crippen LogP) is 3.32. The van der Waals surface area contributed by atoms with Gasteiger partial charge in [0.25, 0.3) is 0 Å². The van der Waals surface area contributed by atoms with Crippen LogP contribution in [0.5, 0.6) is 0 Å². The summed E-state index contributed by atoms with van der Waals surface area (Å²) in [6.07, 6.45) is 6.82. The molecule has 1 fully saturated rings. The van der Waals surface area contributed by atoms with Crippen LogP contribution in [0, 0.1) is 0 Å². The number of aromatic amines is 1. The van der Waals surface area contributed by atoms with E-state index in [2.05, 4.69) is 55.4 Å². The van der Waals surface area contributed by atoms with Gasteiger partial charge in [-0.15, -0.1) is 0 Å². The lowest BCUT2D eigenvalue weighted by atomic mass is 9.91. The van der Waals surface area contributed by atoms with E-state index in [9.17, 15) is 0 Å². The van der Waals surface area contributed by atoms with Crippen molar-refractivity contribution in [2.45, 2.75) is 31.8 Å². The summed E-state index contributed by atoms with van der Waals surface area (Å²) in [7, 11) is 1.69. The molecule has 27 heavy (non-hydrogen) atoms. The Morgan fingerprint density at radius 2 is 2.11 bits per heavy atom. The standard InChI is InChI=1S/C21H25N5O/c1-27-14-19-11-20(23-15-22-19)26-9-5-8-17(13-26)21-18(12-24-25-21)10-16-6-3-2-4-7-16/h2-4,6-7,11-12,15,17H,5,8-10,13-14H2,1H3,(H,24,25)/t17-/m1/s1. The zero-order valence-corrected chi connectivity index (χ0v) is 15.6. The first-order valence-corrected chi connectivity index (χ1v) is 9.44. The second kappa shape index (κ2) is 8.31. The molecule has 0 unspecified atom stereocenters. The number of anilines is 1. The van der Waals surface area contributed by atoms with Crippen LogP contribution in [0.4, 0.5) is 5.82 Å². The van der Waals surface area contributed by atoms with E-state index in [-0.39, 0.29) is 0 Å². The largest absolute Gasteiger partial charge is 0.378 e. The molecule has 0 amide bonds. The minimum Gasteiger partial charge on any atom is -0.378 e. The van der Waals surface area contributed by atoms with E-state index in [0.29, 0.717) is 12.5 Å². The molecule has 3 heterocycles. The summed E-state index contributed by atoms with van der Waals surface area (Å²) in [5.74, 6) is 1.41. The Morgan fingerprint density at radius 1 is 1.22 bits per heavy atom. The molecule has 0 saturated carbocycles. The van der Waals surface area contributed by atoms with Gasteiger partial charge in [-0.25, -0.2) is 9.97 Å². The highest BCUT2D eigenvalue weighted by Crippen LogP contribution is 2.30. The molecule has 4 rings (SSSR count). The number of hydrogen-bond acceptors (Lipinski definition) is 5. The van der Waals surface area contributed by atoms with Crippen molar-refractivity contribution in [3.05, 3.63) is 71.4 Å². The van der Waals surface area contributed by atoms with Crippen molar-refractivity contribution in [2.24, 2.45) is 0 Å². The van der Waals surface area contributed by atoms with E-state index in [1.807, 2.05) is 12.3 Å². The van der Waals surface area contributed by atoms with Crippen LogP contribution in [0.2, 0.25) is 0 Å². The molecule has 1 aromatic carbocycles. The Balaban J connectivity index is 1.51. The number of benzene rings is 1. The monoisotopic (exact) mass is 363 g/mol. The fraction of sp³-hybridized carbons (Fsp3) is 0.381. The van der Waals surface area contributed by atoms with Crippen LogP contribution in [-0.2, 0) is 17.8 Å². The van der Waals surface area contributed by atoms with Crippen LogP contribution >= 0.6 is 0 Å². The topological polar surface area (TPSA) is 66.9 Å². The van der Waals surface area contributed by atoms with Gasteiger partial charge in [0.2, 0.25) is 0 Å². The summed E-state index contributed by atoms with van der Waals surface area (Å²) >= 11 is 0. The van der Waals surface area contributed by atoms with E-state index in [4.69, 9.17) is 4.74 Å². The number of piperidine rings is 1. The highest BCUT2D eigenvalue weighted by atomic mass is 16.5. The second-order valence-corrected chi connectivity index (χ2v) is 7.06. The van der Waals surface area contributed by atoms with Crippen molar-refractivity contribution < 1.29 is 4.74 Å². The Hall–Kier alpha value is -2.73. The molecule has 6 nitrogen and oxygen atoms in total. The molecular formula is C21H25N5O. The lowest BCUT2D eigenvalue weighted by molar-refractivity contribution is 0.181. The minimum absolute atomic E-state index is 0.431. The zero-order chi connectivity index (χ0) is 18.5. The van der Waals surface area contributed by atoms with Crippen LogP contribution in [-0.4, -0.2) is 40.4 Å². The normalized spacial score (nSPS) is 17.2. The van der Waals surface area contributed by atoms with Crippen molar-refractivity contribution in [1.82, 2.24) is 20.2 Å². The molecule has 3 aromatic rings. The predicted molar refractivity (Wildman–Crippen MR) is 105 cm³/mol. The van der Waals surface area contributed by atoms with Gasteiger partial charge < -0.3 is 9.64 Å². The third-order valence-electron chi connectivity index (χ3n) is 5.14. The van der Waals surface area contributed by atoms with Gasteiger partial charge in [-0.3, -0.25) is 5.10 Å². The summed E-state index contributed by atoms with van der Waals surface area (Å²) in [6, 6.07) is 12.6. The van der Waals surface area contributed by atoms with Gasteiger partial charge in [0.15, 0.2) is 0 Å². The molecular weight excluding hydrogens is 338 g/mol. The van der Waals surface area contributed by atoms with Gasteiger partial charge >= 0.3 is 0 Å². The summed E-state index contributed by atoms with van der Waals surface area (Å²) in [4.78, 5) is 11.1. The van der Waals surface area contributed by atoms with Crippen LogP contribution in [0.3, 0.4) is 0 Å². The van der Waals surface area contributed by atoms with E-state index >= 15 is 0 Å². The molecule has 0 bridgehead atoms. The average molecular weight is 363 g/mol.